The van der Waals surface area contributed by atoms with Gasteiger partial charge in [-0.25, -0.2) is 0 Å². The Morgan fingerprint density at radius 2 is 1.90 bits per heavy atom. The van der Waals surface area contributed by atoms with Gasteiger partial charge in [0.15, 0.2) is 0 Å². The topological polar surface area (TPSA) is 29.5 Å². The van der Waals surface area contributed by atoms with Gasteiger partial charge in [0.2, 0.25) is 5.91 Å². The van der Waals surface area contributed by atoms with E-state index in [2.05, 4.69) is 29.2 Å². The summed E-state index contributed by atoms with van der Waals surface area (Å²) in [7, 11) is 1.68. The molecular formula is C17H17NO2S. The average molecular weight is 299 g/mol. The number of hydrogen-bond donors (Lipinski definition) is 0. The molecule has 1 atom stereocenters. The number of carbonyl (C=O) groups is 1. The van der Waals surface area contributed by atoms with Crippen molar-refractivity contribution in [3.05, 3.63) is 42.0 Å². The monoisotopic (exact) mass is 299 g/mol. The number of nitrogens with zero attached hydrogens (tertiary/aromatic N) is 1. The van der Waals surface area contributed by atoms with Crippen LogP contribution in [0.3, 0.4) is 0 Å². The summed E-state index contributed by atoms with van der Waals surface area (Å²) in [5.74, 6) is 1.78. The molecule has 0 radical (unpaired) electrons. The molecule has 2 aromatic rings. The van der Waals surface area contributed by atoms with E-state index in [-0.39, 0.29) is 5.37 Å². The maximum atomic E-state index is 12.1. The summed E-state index contributed by atoms with van der Waals surface area (Å²) in [5, 5.41) is 2.56. The highest BCUT2D eigenvalue weighted by molar-refractivity contribution is 8.00. The van der Waals surface area contributed by atoms with Crippen LogP contribution in [0.2, 0.25) is 0 Å². The fourth-order valence-corrected chi connectivity index (χ4v) is 4.20. The first-order chi connectivity index (χ1) is 10.3. The van der Waals surface area contributed by atoms with E-state index in [1.807, 2.05) is 12.1 Å². The number of benzene rings is 2. The third-order valence-electron chi connectivity index (χ3n) is 4.20. The molecule has 4 heteroatoms. The van der Waals surface area contributed by atoms with E-state index < -0.39 is 0 Å². The molecule has 0 unspecified atom stereocenters. The Balaban J connectivity index is 1.71. The summed E-state index contributed by atoms with van der Waals surface area (Å²) in [5.41, 5.74) is 1.23. The van der Waals surface area contributed by atoms with E-state index in [4.69, 9.17) is 4.74 Å². The van der Waals surface area contributed by atoms with Gasteiger partial charge in [0.1, 0.15) is 11.1 Å². The Morgan fingerprint density at radius 1 is 1.14 bits per heavy atom. The molecule has 1 aliphatic heterocycles. The predicted octanol–water partition coefficient (Wildman–Crippen LogP) is 3.58. The second-order valence-electron chi connectivity index (χ2n) is 5.67. The van der Waals surface area contributed by atoms with Crippen molar-refractivity contribution in [3.8, 4) is 5.75 Å². The van der Waals surface area contributed by atoms with Gasteiger partial charge in [-0.2, -0.15) is 0 Å². The summed E-state index contributed by atoms with van der Waals surface area (Å²) in [4.78, 5) is 14.2. The summed E-state index contributed by atoms with van der Waals surface area (Å²) >= 11 is 1.75. The summed E-state index contributed by atoms with van der Waals surface area (Å²) < 4.78 is 5.27. The quantitative estimate of drug-likeness (QED) is 0.867. The van der Waals surface area contributed by atoms with Gasteiger partial charge >= 0.3 is 0 Å². The number of thioether (sulfide) groups is 1. The first-order valence-corrected chi connectivity index (χ1v) is 8.31. The number of amides is 1. The van der Waals surface area contributed by atoms with E-state index in [1.54, 1.807) is 18.9 Å². The van der Waals surface area contributed by atoms with Crippen molar-refractivity contribution in [2.24, 2.45) is 0 Å². The SMILES string of the molecule is COc1ccc2cc([C@@H]3SCC(=O)N3C3CC3)ccc2c1. The molecule has 4 rings (SSSR count). The fraction of sp³-hybridized carbons (Fsp3) is 0.353. The van der Waals surface area contributed by atoms with Crippen LogP contribution in [-0.4, -0.2) is 29.7 Å². The molecule has 0 spiro atoms. The zero-order chi connectivity index (χ0) is 14.4. The Labute approximate surface area is 128 Å². The highest BCUT2D eigenvalue weighted by Crippen LogP contribution is 2.45. The smallest absolute Gasteiger partial charge is 0.234 e. The van der Waals surface area contributed by atoms with Crippen molar-refractivity contribution >= 4 is 28.4 Å². The van der Waals surface area contributed by atoms with Crippen molar-refractivity contribution in [1.82, 2.24) is 4.90 Å². The Bertz CT molecular complexity index is 711. The zero-order valence-corrected chi connectivity index (χ0v) is 12.7. The molecule has 1 saturated heterocycles. The third-order valence-corrected chi connectivity index (χ3v) is 5.43. The molecule has 2 fully saturated rings. The average Bonchev–Trinajstić information content (AvgIpc) is 3.28. The molecule has 1 aliphatic carbocycles. The summed E-state index contributed by atoms with van der Waals surface area (Å²) in [6, 6.07) is 13.1. The summed E-state index contributed by atoms with van der Waals surface area (Å²) in [6.07, 6.45) is 2.32. The van der Waals surface area contributed by atoms with Crippen LogP contribution < -0.4 is 4.74 Å². The molecule has 1 amide bonds. The molecule has 2 aromatic carbocycles. The fourth-order valence-electron chi connectivity index (χ4n) is 2.96. The molecule has 0 N–H and O–H groups in total. The number of carbonyl (C=O) groups excluding carboxylic acids is 1. The lowest BCUT2D eigenvalue weighted by Gasteiger charge is -2.24. The number of methoxy groups -OCH3 is 1. The molecule has 0 bridgehead atoms. The molecule has 2 aliphatic rings. The lowest BCUT2D eigenvalue weighted by atomic mass is 10.1. The predicted molar refractivity (Wildman–Crippen MR) is 85.6 cm³/mol. The number of hydrogen-bond acceptors (Lipinski definition) is 3. The highest BCUT2D eigenvalue weighted by atomic mass is 32.2. The van der Waals surface area contributed by atoms with E-state index in [9.17, 15) is 4.79 Å². The van der Waals surface area contributed by atoms with Crippen LogP contribution in [0.5, 0.6) is 5.75 Å². The van der Waals surface area contributed by atoms with E-state index in [0.717, 1.165) is 18.6 Å². The maximum absolute atomic E-state index is 12.1. The minimum absolute atomic E-state index is 0.191. The van der Waals surface area contributed by atoms with Gasteiger partial charge < -0.3 is 9.64 Å². The van der Waals surface area contributed by atoms with E-state index in [0.29, 0.717) is 17.7 Å². The van der Waals surface area contributed by atoms with Gasteiger partial charge in [-0.3, -0.25) is 4.79 Å². The van der Waals surface area contributed by atoms with Crippen LogP contribution in [0.4, 0.5) is 0 Å². The molecule has 21 heavy (non-hydrogen) atoms. The minimum atomic E-state index is 0.191. The maximum Gasteiger partial charge on any atom is 0.234 e. The second kappa shape index (κ2) is 4.95. The van der Waals surface area contributed by atoms with E-state index in [1.165, 1.54) is 16.3 Å². The molecule has 1 saturated carbocycles. The van der Waals surface area contributed by atoms with Gasteiger partial charge in [0, 0.05) is 6.04 Å². The van der Waals surface area contributed by atoms with Crippen molar-refractivity contribution < 1.29 is 9.53 Å². The van der Waals surface area contributed by atoms with Crippen LogP contribution in [0.25, 0.3) is 10.8 Å². The molecule has 1 heterocycles. The normalized spacial score (nSPS) is 22.0. The third kappa shape index (κ3) is 2.27. The standard InChI is InChI=1S/C17H17NO2S/c1-20-15-7-4-11-8-13(3-2-12(11)9-15)17-18(14-5-6-14)16(19)10-21-17/h2-4,7-9,14,17H,5-6,10H2,1H3/t17-/m0/s1. The molecule has 3 nitrogen and oxygen atoms in total. The van der Waals surface area contributed by atoms with Crippen LogP contribution in [0, 0.1) is 0 Å². The molecule has 108 valence electrons. The van der Waals surface area contributed by atoms with Crippen molar-refractivity contribution in [3.63, 3.8) is 0 Å². The zero-order valence-electron chi connectivity index (χ0n) is 11.9. The van der Waals surface area contributed by atoms with Gasteiger partial charge in [-0.1, -0.05) is 18.2 Å². The number of ether oxygens (including phenoxy) is 1. The van der Waals surface area contributed by atoms with Gasteiger partial charge in [-0.05, 0) is 47.4 Å². The molecular weight excluding hydrogens is 282 g/mol. The lowest BCUT2D eigenvalue weighted by molar-refractivity contribution is -0.128. The Hall–Kier alpha value is -1.68. The minimum Gasteiger partial charge on any atom is -0.497 e. The summed E-state index contributed by atoms with van der Waals surface area (Å²) in [6.45, 7) is 0. The van der Waals surface area contributed by atoms with E-state index >= 15 is 0 Å². The lowest BCUT2D eigenvalue weighted by Crippen LogP contribution is -2.30. The van der Waals surface area contributed by atoms with Crippen molar-refractivity contribution in [2.75, 3.05) is 12.9 Å². The number of fused-ring (bicyclic) bond motifs is 1. The second-order valence-corrected chi connectivity index (χ2v) is 6.74. The van der Waals surface area contributed by atoms with Gasteiger partial charge in [0.05, 0.1) is 12.9 Å². The Morgan fingerprint density at radius 3 is 2.67 bits per heavy atom. The first-order valence-electron chi connectivity index (χ1n) is 7.27. The van der Waals surface area contributed by atoms with Crippen LogP contribution in [0.1, 0.15) is 23.8 Å². The highest BCUT2D eigenvalue weighted by Gasteiger charge is 2.42. The molecule has 0 aromatic heterocycles. The van der Waals surface area contributed by atoms with Gasteiger partial charge in [0.25, 0.3) is 0 Å². The first kappa shape index (κ1) is 13.0. The number of rotatable bonds is 3. The van der Waals surface area contributed by atoms with Crippen molar-refractivity contribution in [2.45, 2.75) is 24.3 Å². The van der Waals surface area contributed by atoms with Crippen LogP contribution in [-0.2, 0) is 4.79 Å². The van der Waals surface area contributed by atoms with Crippen LogP contribution >= 0.6 is 11.8 Å². The largest absolute Gasteiger partial charge is 0.497 e. The van der Waals surface area contributed by atoms with Crippen molar-refractivity contribution in [1.29, 1.82) is 0 Å². The van der Waals surface area contributed by atoms with Crippen LogP contribution in [0.15, 0.2) is 36.4 Å². The Kier molecular flexibility index (Phi) is 3.07. The van der Waals surface area contributed by atoms with Gasteiger partial charge in [-0.15, -0.1) is 11.8 Å².